The summed E-state index contributed by atoms with van der Waals surface area (Å²) in [6, 6.07) is 8.00. The van der Waals surface area contributed by atoms with E-state index in [1.807, 2.05) is 31.2 Å². The molecule has 1 unspecified atom stereocenters. The molecule has 1 atom stereocenters. The molecule has 0 saturated heterocycles. The van der Waals surface area contributed by atoms with Crippen molar-refractivity contribution in [3.63, 3.8) is 0 Å². The third-order valence-electron chi connectivity index (χ3n) is 2.79. The van der Waals surface area contributed by atoms with Crippen LogP contribution in [0.3, 0.4) is 0 Å². The van der Waals surface area contributed by atoms with Crippen LogP contribution >= 0.6 is 0 Å². The molecule has 1 aromatic carbocycles. The number of benzene rings is 1. The Bertz CT molecular complexity index is 403. The summed E-state index contributed by atoms with van der Waals surface area (Å²) in [5.74, 6) is 0. The smallest absolute Gasteiger partial charge is 0.0864 e. The van der Waals surface area contributed by atoms with Crippen molar-refractivity contribution < 1.29 is 9.84 Å². The Balaban J connectivity index is 3.06. The Kier molecular flexibility index (Phi) is 5.71. The fraction of sp³-hybridized carbons (Fsp3) is 0.400. The molecule has 0 heterocycles. The summed E-state index contributed by atoms with van der Waals surface area (Å²) in [6.07, 6.45) is 0.987. The predicted molar refractivity (Wildman–Crippen MR) is 70.9 cm³/mol. The van der Waals surface area contributed by atoms with E-state index < -0.39 is 6.10 Å². The normalized spacial score (nSPS) is 11.9. The molecule has 0 radical (unpaired) electrons. The average Bonchev–Trinajstić information content (AvgIpc) is 2.38. The lowest BCUT2D eigenvalue weighted by molar-refractivity contribution is 0.202. The van der Waals surface area contributed by atoms with Crippen LogP contribution in [0.25, 0.3) is 5.57 Å². The highest BCUT2D eigenvalue weighted by Gasteiger charge is 2.13. The molecule has 0 aliphatic heterocycles. The largest absolute Gasteiger partial charge is 0.388 e. The summed E-state index contributed by atoms with van der Waals surface area (Å²) < 4.78 is 5.09. The van der Waals surface area contributed by atoms with E-state index in [-0.39, 0.29) is 0 Å². The SMILES string of the molecule is C=C=C(c1ccccc1CCOC)C(O)CC. The van der Waals surface area contributed by atoms with Gasteiger partial charge in [0.2, 0.25) is 0 Å². The van der Waals surface area contributed by atoms with Crippen molar-refractivity contribution in [1.82, 2.24) is 0 Å². The van der Waals surface area contributed by atoms with E-state index >= 15 is 0 Å². The fourth-order valence-corrected chi connectivity index (χ4v) is 1.81. The van der Waals surface area contributed by atoms with Gasteiger partial charge in [-0.15, -0.1) is 5.73 Å². The third-order valence-corrected chi connectivity index (χ3v) is 2.79. The first-order valence-corrected chi connectivity index (χ1v) is 5.89. The van der Waals surface area contributed by atoms with Gasteiger partial charge in [-0.1, -0.05) is 37.8 Å². The van der Waals surface area contributed by atoms with Crippen LogP contribution in [-0.4, -0.2) is 24.9 Å². The van der Waals surface area contributed by atoms with Gasteiger partial charge in [-0.05, 0) is 24.0 Å². The van der Waals surface area contributed by atoms with Crippen LogP contribution in [0.4, 0.5) is 0 Å². The summed E-state index contributed by atoms with van der Waals surface area (Å²) in [5.41, 5.74) is 5.82. The van der Waals surface area contributed by atoms with Crippen molar-refractivity contribution in [2.45, 2.75) is 25.9 Å². The predicted octanol–water partition coefficient (Wildman–Crippen LogP) is 2.81. The molecule has 0 aromatic heterocycles. The Hall–Kier alpha value is -1.34. The van der Waals surface area contributed by atoms with Gasteiger partial charge in [0.05, 0.1) is 12.7 Å². The second kappa shape index (κ2) is 7.08. The number of aliphatic hydroxyl groups is 1. The molecule has 2 heteroatoms. The molecule has 0 fully saturated rings. The molecule has 0 aliphatic rings. The average molecular weight is 232 g/mol. The Morgan fingerprint density at radius 2 is 2.18 bits per heavy atom. The minimum Gasteiger partial charge on any atom is -0.388 e. The van der Waals surface area contributed by atoms with Gasteiger partial charge in [-0.25, -0.2) is 0 Å². The number of methoxy groups -OCH3 is 1. The molecule has 17 heavy (non-hydrogen) atoms. The van der Waals surface area contributed by atoms with Crippen molar-refractivity contribution in [2.24, 2.45) is 0 Å². The number of aliphatic hydroxyl groups excluding tert-OH is 1. The minimum atomic E-state index is -0.504. The van der Waals surface area contributed by atoms with Gasteiger partial charge in [-0.2, -0.15) is 0 Å². The van der Waals surface area contributed by atoms with Gasteiger partial charge in [0.25, 0.3) is 0 Å². The lowest BCUT2D eigenvalue weighted by Crippen LogP contribution is -2.09. The Morgan fingerprint density at radius 1 is 1.47 bits per heavy atom. The summed E-state index contributed by atoms with van der Waals surface area (Å²) in [5, 5.41) is 9.95. The van der Waals surface area contributed by atoms with Crippen LogP contribution in [0.15, 0.2) is 36.6 Å². The molecule has 1 aromatic rings. The fourth-order valence-electron chi connectivity index (χ4n) is 1.81. The number of rotatable bonds is 6. The maximum atomic E-state index is 9.95. The highest BCUT2D eigenvalue weighted by atomic mass is 16.5. The van der Waals surface area contributed by atoms with Crippen molar-refractivity contribution in [1.29, 1.82) is 0 Å². The van der Waals surface area contributed by atoms with E-state index in [1.165, 1.54) is 0 Å². The molecule has 1 rings (SSSR count). The molecule has 92 valence electrons. The summed E-state index contributed by atoms with van der Waals surface area (Å²) in [7, 11) is 1.69. The second-order valence-electron chi connectivity index (χ2n) is 3.91. The molecule has 1 N–H and O–H groups in total. The van der Waals surface area contributed by atoms with E-state index in [4.69, 9.17) is 4.74 Å². The maximum absolute atomic E-state index is 9.95. The maximum Gasteiger partial charge on any atom is 0.0864 e. The molecule has 0 saturated carbocycles. The van der Waals surface area contributed by atoms with Crippen molar-refractivity contribution in [2.75, 3.05) is 13.7 Å². The number of hydrogen-bond acceptors (Lipinski definition) is 2. The summed E-state index contributed by atoms with van der Waals surface area (Å²) in [6.45, 7) is 6.29. The van der Waals surface area contributed by atoms with Crippen LogP contribution < -0.4 is 0 Å². The molecule has 0 spiro atoms. The van der Waals surface area contributed by atoms with Gasteiger partial charge >= 0.3 is 0 Å². The first-order valence-electron chi connectivity index (χ1n) is 5.89. The van der Waals surface area contributed by atoms with Crippen LogP contribution in [0.5, 0.6) is 0 Å². The Morgan fingerprint density at radius 3 is 2.76 bits per heavy atom. The van der Waals surface area contributed by atoms with E-state index in [0.717, 1.165) is 23.1 Å². The molecule has 0 bridgehead atoms. The lowest BCUT2D eigenvalue weighted by atomic mass is 9.94. The molecular weight excluding hydrogens is 212 g/mol. The standard InChI is InChI=1S/C15H20O2/c1-4-13(15(16)5-2)14-9-7-6-8-12(14)10-11-17-3/h6-9,15-16H,1,5,10-11H2,2-3H3. The van der Waals surface area contributed by atoms with E-state index in [2.05, 4.69) is 12.3 Å². The zero-order valence-corrected chi connectivity index (χ0v) is 10.6. The van der Waals surface area contributed by atoms with E-state index in [1.54, 1.807) is 7.11 Å². The van der Waals surface area contributed by atoms with Crippen LogP contribution in [0.1, 0.15) is 24.5 Å². The first kappa shape index (κ1) is 13.7. The highest BCUT2D eigenvalue weighted by Crippen LogP contribution is 2.23. The van der Waals surface area contributed by atoms with Crippen molar-refractivity contribution >= 4 is 5.57 Å². The molecule has 0 aliphatic carbocycles. The minimum absolute atomic E-state index is 0.504. The second-order valence-corrected chi connectivity index (χ2v) is 3.91. The molecular formula is C15H20O2. The summed E-state index contributed by atoms with van der Waals surface area (Å²) in [4.78, 5) is 0. The van der Waals surface area contributed by atoms with Gasteiger partial charge in [0, 0.05) is 12.7 Å². The van der Waals surface area contributed by atoms with Gasteiger partial charge < -0.3 is 9.84 Å². The van der Waals surface area contributed by atoms with Crippen LogP contribution in [0, 0.1) is 0 Å². The molecule has 0 amide bonds. The third kappa shape index (κ3) is 3.57. The van der Waals surface area contributed by atoms with E-state index in [0.29, 0.717) is 13.0 Å². The van der Waals surface area contributed by atoms with E-state index in [9.17, 15) is 5.11 Å². The quantitative estimate of drug-likeness (QED) is 0.764. The van der Waals surface area contributed by atoms with Gasteiger partial charge in [0.1, 0.15) is 0 Å². The van der Waals surface area contributed by atoms with Crippen molar-refractivity contribution in [3.8, 4) is 0 Å². The van der Waals surface area contributed by atoms with Crippen LogP contribution in [0.2, 0.25) is 0 Å². The Labute approximate surface area is 103 Å². The van der Waals surface area contributed by atoms with Gasteiger partial charge in [0.15, 0.2) is 0 Å². The van der Waals surface area contributed by atoms with Crippen molar-refractivity contribution in [3.05, 3.63) is 47.7 Å². The lowest BCUT2D eigenvalue weighted by Gasteiger charge is -2.15. The summed E-state index contributed by atoms with van der Waals surface area (Å²) >= 11 is 0. The zero-order chi connectivity index (χ0) is 12.7. The number of ether oxygens (including phenoxy) is 1. The molecule has 2 nitrogen and oxygen atoms in total. The highest BCUT2D eigenvalue weighted by molar-refractivity contribution is 5.70. The van der Waals surface area contributed by atoms with Crippen LogP contribution in [-0.2, 0) is 11.2 Å². The number of hydrogen-bond donors (Lipinski definition) is 1. The van der Waals surface area contributed by atoms with Gasteiger partial charge in [-0.3, -0.25) is 0 Å². The monoisotopic (exact) mass is 232 g/mol. The first-order chi connectivity index (χ1) is 8.24. The zero-order valence-electron chi connectivity index (χ0n) is 10.6. The topological polar surface area (TPSA) is 29.5 Å².